The summed E-state index contributed by atoms with van der Waals surface area (Å²) in [5.74, 6) is 0.281. The van der Waals surface area contributed by atoms with Crippen molar-refractivity contribution in [2.75, 3.05) is 7.11 Å². The van der Waals surface area contributed by atoms with Crippen molar-refractivity contribution in [3.8, 4) is 5.75 Å². The van der Waals surface area contributed by atoms with Gasteiger partial charge in [-0.25, -0.2) is 0 Å². The van der Waals surface area contributed by atoms with E-state index < -0.39 is 10.1 Å². The minimum atomic E-state index is -4.19. The SMILES string of the molecule is COc1cccc(C(=O)NCc2ccc(S(=O)(=O)O)s2)c1. The highest BCUT2D eigenvalue weighted by Crippen LogP contribution is 2.21. The van der Waals surface area contributed by atoms with E-state index in [0.29, 0.717) is 16.2 Å². The topological polar surface area (TPSA) is 92.7 Å². The molecule has 0 aliphatic carbocycles. The van der Waals surface area contributed by atoms with Gasteiger partial charge < -0.3 is 10.1 Å². The molecule has 0 atom stereocenters. The summed E-state index contributed by atoms with van der Waals surface area (Å²) in [7, 11) is -2.68. The predicted molar refractivity (Wildman–Crippen MR) is 78.3 cm³/mol. The zero-order valence-corrected chi connectivity index (χ0v) is 12.7. The molecule has 21 heavy (non-hydrogen) atoms. The summed E-state index contributed by atoms with van der Waals surface area (Å²) < 4.78 is 35.7. The molecule has 1 amide bonds. The molecule has 0 spiro atoms. The molecule has 8 heteroatoms. The second-order valence-corrected chi connectivity index (χ2v) is 6.93. The maximum Gasteiger partial charge on any atom is 0.304 e. The van der Waals surface area contributed by atoms with Crippen LogP contribution in [0.25, 0.3) is 0 Å². The number of hydrogen-bond donors (Lipinski definition) is 2. The number of nitrogens with one attached hydrogen (secondary N) is 1. The second-order valence-electron chi connectivity index (χ2n) is 4.11. The zero-order valence-electron chi connectivity index (χ0n) is 11.1. The number of amides is 1. The largest absolute Gasteiger partial charge is 0.497 e. The lowest BCUT2D eigenvalue weighted by molar-refractivity contribution is 0.0951. The van der Waals surface area contributed by atoms with Gasteiger partial charge in [-0.05, 0) is 30.3 Å². The molecule has 0 fully saturated rings. The van der Waals surface area contributed by atoms with Gasteiger partial charge in [-0.15, -0.1) is 11.3 Å². The first-order valence-corrected chi connectivity index (χ1v) is 8.14. The standard InChI is InChI=1S/C13H13NO5S2/c1-19-10-4-2-3-9(7-10)13(15)14-8-11-5-6-12(20-11)21(16,17)18/h2-7H,8H2,1H3,(H,14,15)(H,16,17,18). The van der Waals surface area contributed by atoms with Crippen LogP contribution in [0.1, 0.15) is 15.2 Å². The lowest BCUT2D eigenvalue weighted by Gasteiger charge is -2.05. The molecule has 2 N–H and O–H groups in total. The van der Waals surface area contributed by atoms with Crippen molar-refractivity contribution < 1.29 is 22.5 Å². The molecule has 6 nitrogen and oxygen atoms in total. The van der Waals surface area contributed by atoms with E-state index in [1.165, 1.54) is 13.2 Å². The third-order valence-electron chi connectivity index (χ3n) is 2.65. The molecule has 0 aliphatic rings. The number of hydrogen-bond acceptors (Lipinski definition) is 5. The van der Waals surface area contributed by atoms with E-state index in [4.69, 9.17) is 9.29 Å². The fourth-order valence-corrected chi connectivity index (χ4v) is 3.28. The monoisotopic (exact) mass is 327 g/mol. The van der Waals surface area contributed by atoms with Crippen LogP contribution in [-0.4, -0.2) is 26.0 Å². The van der Waals surface area contributed by atoms with Gasteiger partial charge in [0.15, 0.2) is 0 Å². The van der Waals surface area contributed by atoms with Crippen LogP contribution in [0.2, 0.25) is 0 Å². The maximum atomic E-state index is 12.0. The Morgan fingerprint density at radius 1 is 1.33 bits per heavy atom. The molecule has 1 aromatic carbocycles. The van der Waals surface area contributed by atoms with Gasteiger partial charge in [0.25, 0.3) is 5.91 Å². The van der Waals surface area contributed by atoms with Crippen LogP contribution in [0.3, 0.4) is 0 Å². The molecule has 0 aliphatic heterocycles. The van der Waals surface area contributed by atoms with Gasteiger partial charge in [-0.3, -0.25) is 9.35 Å². The van der Waals surface area contributed by atoms with Crippen LogP contribution in [0, 0.1) is 0 Å². The second kappa shape index (κ2) is 6.25. The fourth-order valence-electron chi connectivity index (χ4n) is 1.63. The Hall–Kier alpha value is -1.90. The van der Waals surface area contributed by atoms with Crippen LogP contribution in [0.15, 0.2) is 40.6 Å². The molecule has 112 valence electrons. The van der Waals surface area contributed by atoms with Crippen LogP contribution in [-0.2, 0) is 16.7 Å². The average Bonchev–Trinajstić information content (AvgIpc) is 2.94. The Morgan fingerprint density at radius 3 is 2.71 bits per heavy atom. The Kier molecular flexibility index (Phi) is 4.61. The van der Waals surface area contributed by atoms with Crippen molar-refractivity contribution in [2.45, 2.75) is 10.8 Å². The molecule has 0 saturated carbocycles. The van der Waals surface area contributed by atoms with Crippen LogP contribution in [0.5, 0.6) is 5.75 Å². The number of thiophene rings is 1. The van der Waals surface area contributed by atoms with E-state index in [2.05, 4.69) is 5.32 Å². The Balaban J connectivity index is 2.02. The molecular formula is C13H13NO5S2. The first kappa shape index (κ1) is 15.5. The molecule has 0 saturated heterocycles. The van der Waals surface area contributed by atoms with Gasteiger partial charge in [0.05, 0.1) is 13.7 Å². The molecule has 1 aromatic heterocycles. The number of methoxy groups -OCH3 is 1. The number of rotatable bonds is 5. The lowest BCUT2D eigenvalue weighted by Crippen LogP contribution is -2.22. The highest BCUT2D eigenvalue weighted by atomic mass is 32.3. The molecule has 0 radical (unpaired) electrons. The van der Waals surface area contributed by atoms with E-state index >= 15 is 0 Å². The fraction of sp³-hybridized carbons (Fsp3) is 0.154. The van der Waals surface area contributed by atoms with Gasteiger partial charge >= 0.3 is 10.1 Å². The molecule has 2 aromatic rings. The summed E-state index contributed by atoms with van der Waals surface area (Å²) >= 11 is 0.907. The number of benzene rings is 1. The van der Waals surface area contributed by atoms with Crippen LogP contribution >= 0.6 is 11.3 Å². The summed E-state index contributed by atoms with van der Waals surface area (Å²) in [5.41, 5.74) is 0.445. The van der Waals surface area contributed by atoms with Crippen molar-refractivity contribution in [2.24, 2.45) is 0 Å². The summed E-state index contributed by atoms with van der Waals surface area (Å²) in [6, 6.07) is 9.53. The van der Waals surface area contributed by atoms with Crippen molar-refractivity contribution in [3.63, 3.8) is 0 Å². The molecule has 1 heterocycles. The van der Waals surface area contributed by atoms with Crippen molar-refractivity contribution in [1.82, 2.24) is 5.32 Å². The van der Waals surface area contributed by atoms with Gasteiger partial charge in [-0.2, -0.15) is 8.42 Å². The first-order valence-electron chi connectivity index (χ1n) is 5.88. The molecular weight excluding hydrogens is 314 g/mol. The summed E-state index contributed by atoms with van der Waals surface area (Å²) in [6.45, 7) is 0.177. The van der Waals surface area contributed by atoms with Crippen molar-refractivity contribution >= 4 is 27.4 Å². The summed E-state index contributed by atoms with van der Waals surface area (Å²) in [4.78, 5) is 12.6. The number of carbonyl (C=O) groups excluding carboxylic acids is 1. The highest BCUT2D eigenvalue weighted by Gasteiger charge is 2.13. The zero-order chi connectivity index (χ0) is 15.5. The van der Waals surface area contributed by atoms with E-state index in [-0.39, 0.29) is 16.7 Å². The minimum absolute atomic E-state index is 0.145. The predicted octanol–water partition coefficient (Wildman–Crippen LogP) is 1.93. The first-order chi connectivity index (χ1) is 9.90. The van der Waals surface area contributed by atoms with E-state index in [1.54, 1.807) is 30.3 Å². The van der Waals surface area contributed by atoms with E-state index in [0.717, 1.165) is 11.3 Å². The van der Waals surface area contributed by atoms with Crippen LogP contribution in [0.4, 0.5) is 0 Å². The third-order valence-corrected chi connectivity index (χ3v) is 5.05. The Labute approximate surface area is 126 Å². The molecule has 0 unspecified atom stereocenters. The van der Waals surface area contributed by atoms with E-state index in [9.17, 15) is 13.2 Å². The third kappa shape index (κ3) is 4.03. The summed E-state index contributed by atoms with van der Waals surface area (Å²) in [5, 5.41) is 2.67. The quantitative estimate of drug-likeness (QED) is 0.819. The van der Waals surface area contributed by atoms with Crippen LogP contribution < -0.4 is 10.1 Å². The summed E-state index contributed by atoms with van der Waals surface area (Å²) in [6.07, 6.45) is 0. The average molecular weight is 327 g/mol. The van der Waals surface area contributed by atoms with E-state index in [1.807, 2.05) is 0 Å². The Bertz CT molecular complexity index is 751. The minimum Gasteiger partial charge on any atom is -0.497 e. The van der Waals surface area contributed by atoms with Crippen molar-refractivity contribution in [1.29, 1.82) is 0 Å². The smallest absolute Gasteiger partial charge is 0.304 e. The maximum absolute atomic E-state index is 12.0. The number of carbonyl (C=O) groups is 1. The van der Waals surface area contributed by atoms with Crippen molar-refractivity contribution in [3.05, 3.63) is 46.8 Å². The molecule has 0 bridgehead atoms. The van der Waals surface area contributed by atoms with Gasteiger partial charge in [0.2, 0.25) is 0 Å². The lowest BCUT2D eigenvalue weighted by atomic mass is 10.2. The normalized spacial score (nSPS) is 11.1. The number of ether oxygens (including phenoxy) is 1. The molecule has 2 rings (SSSR count). The van der Waals surface area contributed by atoms with Gasteiger partial charge in [0, 0.05) is 10.4 Å². The van der Waals surface area contributed by atoms with Gasteiger partial charge in [-0.1, -0.05) is 6.07 Å². The highest BCUT2D eigenvalue weighted by molar-refractivity contribution is 7.88. The van der Waals surface area contributed by atoms with Gasteiger partial charge in [0.1, 0.15) is 9.96 Å². The Morgan fingerprint density at radius 2 is 2.10 bits per heavy atom.